The van der Waals surface area contributed by atoms with Gasteiger partial charge in [-0.05, 0) is 56.1 Å². The van der Waals surface area contributed by atoms with Gasteiger partial charge >= 0.3 is 6.18 Å². The first kappa shape index (κ1) is 20.3. The van der Waals surface area contributed by atoms with E-state index in [0.717, 1.165) is 38.5 Å². The third-order valence-electron chi connectivity index (χ3n) is 6.03. The summed E-state index contributed by atoms with van der Waals surface area (Å²) >= 11 is 1.53. The Hall–Kier alpha value is -2.63. The summed E-state index contributed by atoms with van der Waals surface area (Å²) in [5.74, 6) is 1.06. The molecule has 1 saturated carbocycles. The molecule has 1 aliphatic carbocycles. The van der Waals surface area contributed by atoms with Crippen LogP contribution in [-0.4, -0.2) is 55.4 Å². The number of aryl methyl sites for hydroxylation is 1. The van der Waals surface area contributed by atoms with Crippen LogP contribution in [0.5, 0.6) is 5.88 Å². The molecule has 3 aromatic rings. The SMILES string of the molecule is Cc1cc(N2C[C@H]3CC[C@@H](C2)[C@@H]3Nc2nc3c(OC(C)C(F)(F)F)nccn3n2)sn1. The molecule has 2 aliphatic rings. The zero-order valence-corrected chi connectivity index (χ0v) is 17.8. The average Bonchev–Trinajstić information content (AvgIpc) is 3.38. The maximum absolute atomic E-state index is 12.9. The highest BCUT2D eigenvalue weighted by Gasteiger charge is 2.43. The highest BCUT2D eigenvalue weighted by molar-refractivity contribution is 7.10. The fourth-order valence-corrected chi connectivity index (χ4v) is 5.24. The largest absolute Gasteiger partial charge is 0.462 e. The summed E-state index contributed by atoms with van der Waals surface area (Å²) in [6.45, 7) is 4.81. The molecule has 31 heavy (non-hydrogen) atoms. The number of alkyl halides is 3. The lowest BCUT2D eigenvalue weighted by Gasteiger charge is -2.38. The van der Waals surface area contributed by atoms with Crippen molar-refractivity contribution in [2.24, 2.45) is 11.8 Å². The third-order valence-corrected chi connectivity index (χ3v) is 6.97. The van der Waals surface area contributed by atoms with E-state index in [-0.39, 0.29) is 17.6 Å². The molecule has 0 amide bonds. The summed E-state index contributed by atoms with van der Waals surface area (Å²) < 4.78 is 49.4. The van der Waals surface area contributed by atoms with E-state index in [9.17, 15) is 13.2 Å². The summed E-state index contributed by atoms with van der Waals surface area (Å²) in [5, 5.41) is 9.02. The highest BCUT2D eigenvalue weighted by atomic mass is 32.1. The molecule has 1 aliphatic heterocycles. The van der Waals surface area contributed by atoms with Gasteiger partial charge in [0, 0.05) is 31.5 Å². The molecule has 5 rings (SSSR count). The second-order valence-electron chi connectivity index (χ2n) is 8.22. The second-order valence-corrected chi connectivity index (χ2v) is 9.00. The Bertz CT molecular complexity index is 1070. The number of rotatable bonds is 5. The number of anilines is 2. The molecular formula is C19H22F3N7OS. The summed E-state index contributed by atoms with van der Waals surface area (Å²) in [4.78, 5) is 10.7. The summed E-state index contributed by atoms with van der Waals surface area (Å²) in [7, 11) is 0. The molecule has 4 atom stereocenters. The van der Waals surface area contributed by atoms with Gasteiger partial charge in [-0.2, -0.15) is 22.5 Å². The smallest absolute Gasteiger partial charge is 0.425 e. The monoisotopic (exact) mass is 453 g/mol. The van der Waals surface area contributed by atoms with Crippen LogP contribution in [0.25, 0.3) is 5.65 Å². The van der Waals surface area contributed by atoms with Gasteiger partial charge in [-0.1, -0.05) is 0 Å². The van der Waals surface area contributed by atoms with E-state index in [4.69, 9.17) is 4.74 Å². The molecular weight excluding hydrogens is 431 g/mol. The molecule has 1 N–H and O–H groups in total. The van der Waals surface area contributed by atoms with Crippen LogP contribution in [0.15, 0.2) is 18.5 Å². The summed E-state index contributed by atoms with van der Waals surface area (Å²) in [6.07, 6.45) is -1.36. The lowest BCUT2D eigenvalue weighted by Crippen LogP contribution is -2.48. The lowest BCUT2D eigenvalue weighted by molar-refractivity contribution is -0.189. The van der Waals surface area contributed by atoms with E-state index in [1.807, 2.05) is 6.92 Å². The van der Waals surface area contributed by atoms with Crippen molar-refractivity contribution in [3.63, 3.8) is 0 Å². The maximum atomic E-state index is 12.9. The van der Waals surface area contributed by atoms with E-state index in [0.29, 0.717) is 17.8 Å². The third kappa shape index (κ3) is 3.88. The zero-order chi connectivity index (χ0) is 21.8. The predicted molar refractivity (Wildman–Crippen MR) is 110 cm³/mol. The Balaban J connectivity index is 1.33. The molecule has 4 heterocycles. The van der Waals surface area contributed by atoms with Crippen LogP contribution in [0.4, 0.5) is 24.1 Å². The summed E-state index contributed by atoms with van der Waals surface area (Å²) in [6, 6.07) is 2.34. The zero-order valence-electron chi connectivity index (χ0n) is 17.0. The number of ether oxygens (including phenoxy) is 1. The predicted octanol–water partition coefficient (Wildman–Crippen LogP) is 3.55. The van der Waals surface area contributed by atoms with Crippen molar-refractivity contribution >= 4 is 28.1 Å². The Morgan fingerprint density at radius 2 is 2.00 bits per heavy atom. The van der Waals surface area contributed by atoms with Gasteiger partial charge in [0.15, 0.2) is 6.10 Å². The standard InChI is InChI=1S/C19H22F3N7OS/c1-10-7-14(31-27-10)28-8-12-3-4-13(9-28)15(12)24-18-25-16-17(23-5-6-29(16)26-18)30-11(2)19(20,21)22/h5-7,11-13,15H,3-4,8-9H2,1-2H3,(H,24,26)/t11?,12-,13+,15-. The first-order valence-corrected chi connectivity index (χ1v) is 10.9. The van der Waals surface area contributed by atoms with Gasteiger partial charge in [-0.3, -0.25) is 0 Å². The highest BCUT2D eigenvalue weighted by Crippen LogP contribution is 2.41. The van der Waals surface area contributed by atoms with Crippen LogP contribution in [0.1, 0.15) is 25.5 Å². The van der Waals surface area contributed by atoms with Crippen LogP contribution >= 0.6 is 11.5 Å². The number of nitrogens with zero attached hydrogens (tertiary/aromatic N) is 6. The number of hydrogen-bond donors (Lipinski definition) is 1. The molecule has 8 nitrogen and oxygen atoms in total. The fourth-order valence-electron chi connectivity index (χ4n) is 4.46. The van der Waals surface area contributed by atoms with Gasteiger partial charge in [0.2, 0.25) is 11.6 Å². The Morgan fingerprint density at radius 3 is 2.65 bits per heavy atom. The van der Waals surface area contributed by atoms with E-state index in [1.54, 1.807) is 6.20 Å². The minimum Gasteiger partial charge on any atom is -0.462 e. The van der Waals surface area contributed by atoms with Gasteiger partial charge in [0.25, 0.3) is 5.88 Å². The van der Waals surface area contributed by atoms with Crippen LogP contribution in [0.2, 0.25) is 0 Å². The molecule has 12 heteroatoms. The van der Waals surface area contributed by atoms with Gasteiger partial charge in [-0.25, -0.2) is 9.50 Å². The van der Waals surface area contributed by atoms with E-state index in [2.05, 4.69) is 35.7 Å². The van der Waals surface area contributed by atoms with Crippen molar-refractivity contribution in [1.29, 1.82) is 0 Å². The normalized spacial score (nSPS) is 24.5. The maximum Gasteiger partial charge on any atom is 0.425 e. The van der Waals surface area contributed by atoms with Crippen LogP contribution in [-0.2, 0) is 0 Å². The summed E-state index contributed by atoms with van der Waals surface area (Å²) in [5.41, 5.74) is 1.19. The first-order valence-electron chi connectivity index (χ1n) is 10.2. The number of aromatic nitrogens is 5. The quantitative estimate of drug-likeness (QED) is 0.633. The van der Waals surface area contributed by atoms with Crippen molar-refractivity contribution < 1.29 is 17.9 Å². The van der Waals surface area contributed by atoms with Crippen molar-refractivity contribution in [2.45, 2.75) is 45.0 Å². The molecule has 166 valence electrons. The van der Waals surface area contributed by atoms with Crippen LogP contribution in [0, 0.1) is 18.8 Å². The van der Waals surface area contributed by atoms with Gasteiger partial charge in [0.1, 0.15) is 5.00 Å². The van der Waals surface area contributed by atoms with Gasteiger partial charge < -0.3 is 15.0 Å². The average molecular weight is 453 g/mol. The number of halogens is 3. The minimum atomic E-state index is -4.49. The molecule has 0 radical (unpaired) electrons. The van der Waals surface area contributed by atoms with Gasteiger partial charge in [-0.15, -0.1) is 5.10 Å². The van der Waals surface area contributed by atoms with Crippen molar-refractivity contribution in [1.82, 2.24) is 24.0 Å². The number of piperidine rings is 1. The van der Waals surface area contributed by atoms with Gasteiger partial charge in [0.05, 0.1) is 5.69 Å². The van der Waals surface area contributed by atoms with E-state index >= 15 is 0 Å². The molecule has 2 bridgehead atoms. The molecule has 0 aromatic carbocycles. The Kier molecular flexibility index (Phi) is 4.91. The second kappa shape index (κ2) is 7.50. The molecule has 1 unspecified atom stereocenters. The topological polar surface area (TPSA) is 80.5 Å². The number of nitrogens with one attached hydrogen (secondary N) is 1. The molecule has 2 fully saturated rings. The van der Waals surface area contributed by atoms with E-state index < -0.39 is 12.3 Å². The molecule has 0 spiro atoms. The van der Waals surface area contributed by atoms with Crippen molar-refractivity contribution in [2.75, 3.05) is 23.3 Å². The van der Waals surface area contributed by atoms with Crippen LogP contribution in [0.3, 0.4) is 0 Å². The Labute approximate surface area is 180 Å². The molecule has 1 saturated heterocycles. The number of hydrogen-bond acceptors (Lipinski definition) is 8. The minimum absolute atomic E-state index is 0.158. The fraction of sp³-hybridized carbons (Fsp3) is 0.579. The first-order chi connectivity index (χ1) is 14.8. The molecule has 3 aromatic heterocycles. The lowest BCUT2D eigenvalue weighted by atomic mass is 9.92. The van der Waals surface area contributed by atoms with E-state index in [1.165, 1.54) is 27.2 Å². The van der Waals surface area contributed by atoms with Crippen molar-refractivity contribution in [3.8, 4) is 5.88 Å². The van der Waals surface area contributed by atoms with Crippen LogP contribution < -0.4 is 15.0 Å². The Morgan fingerprint density at radius 1 is 1.26 bits per heavy atom. The van der Waals surface area contributed by atoms with Crippen molar-refractivity contribution in [3.05, 3.63) is 24.2 Å². The number of fused-ring (bicyclic) bond motifs is 3.